The zero-order valence-electron chi connectivity index (χ0n) is 16.6. The van der Waals surface area contributed by atoms with Crippen molar-refractivity contribution in [2.75, 3.05) is 30.2 Å². The molecule has 2 amide bonds. The molecule has 1 fully saturated rings. The second-order valence-electron chi connectivity index (χ2n) is 7.13. The second kappa shape index (κ2) is 8.60. The molecule has 0 aromatic heterocycles. The van der Waals surface area contributed by atoms with Crippen LogP contribution in [0.15, 0.2) is 46.2 Å². The molecule has 0 bridgehead atoms. The topological polar surface area (TPSA) is 105 Å². The Bertz CT molecular complexity index is 1150. The van der Waals surface area contributed by atoms with Gasteiger partial charge < -0.3 is 15.0 Å². The van der Waals surface area contributed by atoms with Crippen molar-refractivity contribution in [3.8, 4) is 5.75 Å². The molecular formula is C20H20ClN3O5S2. The number of halogens is 1. The minimum Gasteiger partial charge on any atom is -0.495 e. The van der Waals surface area contributed by atoms with Crippen molar-refractivity contribution >= 4 is 56.6 Å². The van der Waals surface area contributed by atoms with Gasteiger partial charge in [-0.25, -0.2) is 8.42 Å². The first kappa shape index (κ1) is 21.8. The number of hydrogen-bond acceptors (Lipinski definition) is 6. The number of rotatable bonds is 5. The van der Waals surface area contributed by atoms with Gasteiger partial charge in [0.05, 0.1) is 23.4 Å². The largest absolute Gasteiger partial charge is 0.495 e. The van der Waals surface area contributed by atoms with E-state index in [1.54, 1.807) is 23.1 Å². The highest BCUT2D eigenvalue weighted by molar-refractivity contribution is 8.01. The fourth-order valence-electron chi connectivity index (χ4n) is 3.49. The van der Waals surface area contributed by atoms with Crippen molar-refractivity contribution in [3.05, 3.63) is 41.4 Å². The zero-order valence-corrected chi connectivity index (χ0v) is 18.9. The van der Waals surface area contributed by atoms with Gasteiger partial charge in [-0.3, -0.25) is 14.3 Å². The smallest absolute Gasteiger partial charge is 0.262 e. The number of amides is 2. The zero-order chi connectivity index (χ0) is 22.2. The van der Waals surface area contributed by atoms with E-state index < -0.39 is 21.2 Å². The van der Waals surface area contributed by atoms with E-state index in [1.807, 2.05) is 0 Å². The van der Waals surface area contributed by atoms with Gasteiger partial charge in [0.1, 0.15) is 5.75 Å². The van der Waals surface area contributed by atoms with Crippen LogP contribution in [0, 0.1) is 0 Å². The Morgan fingerprint density at radius 1 is 1.23 bits per heavy atom. The summed E-state index contributed by atoms with van der Waals surface area (Å²) in [5, 5.41) is 2.15. The van der Waals surface area contributed by atoms with Crippen LogP contribution in [0.2, 0.25) is 5.02 Å². The summed E-state index contributed by atoms with van der Waals surface area (Å²) in [7, 11) is -2.56. The van der Waals surface area contributed by atoms with Crippen LogP contribution in [-0.4, -0.2) is 50.6 Å². The van der Waals surface area contributed by atoms with E-state index in [1.165, 1.54) is 25.3 Å². The quantitative estimate of drug-likeness (QED) is 0.635. The monoisotopic (exact) mass is 481 g/mol. The lowest BCUT2D eigenvalue weighted by molar-refractivity contribution is -0.133. The molecule has 2 heterocycles. The molecule has 8 nitrogen and oxygen atoms in total. The van der Waals surface area contributed by atoms with Crippen molar-refractivity contribution < 1.29 is 22.7 Å². The number of benzene rings is 2. The maximum atomic E-state index is 12.9. The molecule has 0 radical (unpaired) electrons. The molecule has 2 aromatic carbocycles. The number of nitrogens with zero attached hydrogens (tertiary/aromatic N) is 1. The third-order valence-electron chi connectivity index (χ3n) is 5.05. The Morgan fingerprint density at radius 3 is 2.68 bits per heavy atom. The normalized spacial score (nSPS) is 18.3. The van der Waals surface area contributed by atoms with Gasteiger partial charge in [-0.15, -0.1) is 11.8 Å². The predicted molar refractivity (Wildman–Crippen MR) is 119 cm³/mol. The highest BCUT2D eigenvalue weighted by atomic mass is 35.5. The maximum Gasteiger partial charge on any atom is 0.262 e. The van der Waals surface area contributed by atoms with E-state index in [2.05, 4.69) is 10.0 Å². The van der Waals surface area contributed by atoms with E-state index in [0.29, 0.717) is 34.4 Å². The molecule has 0 spiro atoms. The van der Waals surface area contributed by atoms with Gasteiger partial charge in [0.2, 0.25) is 11.8 Å². The van der Waals surface area contributed by atoms with Crippen molar-refractivity contribution in [1.82, 2.24) is 4.90 Å². The molecule has 2 aromatic rings. The predicted octanol–water partition coefficient (Wildman–Crippen LogP) is 3.18. The molecule has 0 unspecified atom stereocenters. The van der Waals surface area contributed by atoms with Crippen LogP contribution >= 0.6 is 23.4 Å². The molecule has 31 heavy (non-hydrogen) atoms. The molecule has 1 saturated heterocycles. The first-order valence-electron chi connectivity index (χ1n) is 9.55. The SMILES string of the molecule is COc1ccc(Cl)cc1NS(=O)(=O)c1ccc2c(c1)NC(=O)[C@@H](C(=O)N1CCCC1)S2. The highest BCUT2D eigenvalue weighted by Gasteiger charge is 2.37. The lowest BCUT2D eigenvalue weighted by Crippen LogP contribution is -2.43. The molecule has 2 aliphatic rings. The molecule has 11 heteroatoms. The second-order valence-corrected chi connectivity index (χ2v) is 10.4. The summed E-state index contributed by atoms with van der Waals surface area (Å²) in [6, 6.07) is 8.98. The summed E-state index contributed by atoms with van der Waals surface area (Å²) in [4.78, 5) is 27.5. The number of anilines is 2. The van der Waals surface area contributed by atoms with E-state index in [9.17, 15) is 18.0 Å². The maximum absolute atomic E-state index is 12.9. The first-order chi connectivity index (χ1) is 14.8. The van der Waals surface area contributed by atoms with Crippen LogP contribution in [0.1, 0.15) is 12.8 Å². The van der Waals surface area contributed by atoms with E-state index in [4.69, 9.17) is 16.3 Å². The van der Waals surface area contributed by atoms with Gasteiger partial charge in [-0.2, -0.15) is 0 Å². The summed E-state index contributed by atoms with van der Waals surface area (Å²) < 4.78 is 33.5. The number of sulfonamides is 1. The Kier molecular flexibility index (Phi) is 6.05. The van der Waals surface area contributed by atoms with Crippen LogP contribution in [0.4, 0.5) is 11.4 Å². The minimum absolute atomic E-state index is 0.0431. The van der Waals surface area contributed by atoms with Gasteiger partial charge >= 0.3 is 0 Å². The fourth-order valence-corrected chi connectivity index (χ4v) is 5.80. The van der Waals surface area contributed by atoms with Crippen LogP contribution in [0.3, 0.4) is 0 Å². The Hall–Kier alpha value is -2.43. The average Bonchev–Trinajstić information content (AvgIpc) is 3.27. The lowest BCUT2D eigenvalue weighted by Gasteiger charge is -2.27. The van der Waals surface area contributed by atoms with Crippen molar-refractivity contribution in [3.63, 3.8) is 0 Å². The van der Waals surface area contributed by atoms with Gasteiger partial charge in [-0.05, 0) is 49.2 Å². The third kappa shape index (κ3) is 4.46. The first-order valence-corrected chi connectivity index (χ1v) is 12.3. The van der Waals surface area contributed by atoms with E-state index in [0.717, 1.165) is 24.6 Å². The number of carbonyl (C=O) groups excluding carboxylic acids is 2. The summed E-state index contributed by atoms with van der Waals surface area (Å²) in [6.07, 6.45) is 1.87. The van der Waals surface area contributed by atoms with Crippen molar-refractivity contribution in [2.24, 2.45) is 0 Å². The number of thioether (sulfide) groups is 1. The molecule has 1 atom stereocenters. The summed E-state index contributed by atoms with van der Waals surface area (Å²) in [5.74, 6) is -0.344. The van der Waals surface area contributed by atoms with Crippen LogP contribution in [-0.2, 0) is 19.6 Å². The van der Waals surface area contributed by atoms with Crippen molar-refractivity contribution in [1.29, 1.82) is 0 Å². The molecule has 4 rings (SSSR count). The van der Waals surface area contributed by atoms with Gasteiger partial charge in [0.25, 0.3) is 10.0 Å². The number of fused-ring (bicyclic) bond motifs is 1. The third-order valence-corrected chi connectivity index (χ3v) is 7.91. The number of nitrogens with one attached hydrogen (secondary N) is 2. The number of ether oxygens (including phenoxy) is 1. The van der Waals surface area contributed by atoms with Gasteiger partial charge in [0.15, 0.2) is 5.25 Å². The number of carbonyl (C=O) groups is 2. The highest BCUT2D eigenvalue weighted by Crippen LogP contribution is 2.38. The Morgan fingerprint density at radius 2 is 1.97 bits per heavy atom. The Balaban J connectivity index is 1.57. The van der Waals surface area contributed by atoms with Crippen LogP contribution < -0.4 is 14.8 Å². The number of likely N-dealkylation sites (tertiary alicyclic amines) is 1. The molecule has 2 N–H and O–H groups in total. The van der Waals surface area contributed by atoms with Crippen LogP contribution in [0.5, 0.6) is 5.75 Å². The molecule has 0 aliphatic carbocycles. The summed E-state index contributed by atoms with van der Waals surface area (Å²) in [5.41, 5.74) is 0.545. The van der Waals surface area contributed by atoms with Gasteiger partial charge in [0, 0.05) is 23.0 Å². The number of methoxy groups -OCH3 is 1. The number of hydrogen-bond donors (Lipinski definition) is 2. The summed E-state index contributed by atoms with van der Waals surface area (Å²) in [6.45, 7) is 1.32. The van der Waals surface area contributed by atoms with E-state index in [-0.39, 0.29) is 16.5 Å². The molecular weight excluding hydrogens is 462 g/mol. The molecule has 0 saturated carbocycles. The Labute approximate surface area is 189 Å². The van der Waals surface area contributed by atoms with Gasteiger partial charge in [-0.1, -0.05) is 11.6 Å². The molecule has 2 aliphatic heterocycles. The fraction of sp³-hybridized carbons (Fsp3) is 0.300. The summed E-state index contributed by atoms with van der Waals surface area (Å²) >= 11 is 7.11. The lowest BCUT2D eigenvalue weighted by atomic mass is 10.2. The minimum atomic E-state index is -3.98. The standard InChI is InChI=1S/C20H20ClN3O5S2/c1-29-16-6-4-12(21)10-14(16)23-31(27,28)13-5-7-17-15(11-13)22-19(25)18(30-17)20(26)24-8-2-3-9-24/h4-7,10-11,18,23H,2-3,8-9H2,1H3,(H,22,25)/t18-/m0/s1. The van der Waals surface area contributed by atoms with Crippen molar-refractivity contribution in [2.45, 2.75) is 27.9 Å². The molecule has 164 valence electrons. The van der Waals surface area contributed by atoms with E-state index >= 15 is 0 Å². The van der Waals surface area contributed by atoms with Crippen LogP contribution in [0.25, 0.3) is 0 Å². The average molecular weight is 482 g/mol.